The molecule has 1 saturated heterocycles. The zero-order valence-corrected chi connectivity index (χ0v) is 51.8. The van der Waals surface area contributed by atoms with Gasteiger partial charge in [-0.1, -0.05) is 81.6 Å². The Hall–Kier alpha value is -2.83. The molecule has 1 fully saturated rings. The van der Waals surface area contributed by atoms with Crippen LogP contribution in [0.3, 0.4) is 0 Å². The quantitative estimate of drug-likeness (QED) is 0.0628. The summed E-state index contributed by atoms with van der Waals surface area (Å²) in [6.45, 7) is 46.6. The second kappa shape index (κ2) is 29.1. The highest BCUT2D eigenvalue weighted by Crippen LogP contribution is 2.40. The van der Waals surface area contributed by atoms with Crippen molar-refractivity contribution in [2.75, 3.05) is 21.3 Å². The van der Waals surface area contributed by atoms with E-state index < -0.39 is 66.6 Å². The van der Waals surface area contributed by atoms with Gasteiger partial charge in [-0.05, 0) is 104 Å². The lowest BCUT2D eigenvalue weighted by Gasteiger charge is -2.43. The van der Waals surface area contributed by atoms with E-state index in [1.165, 1.54) is 0 Å². The van der Waals surface area contributed by atoms with Gasteiger partial charge in [-0.2, -0.15) is 0 Å². The number of aldehydes is 1. The van der Waals surface area contributed by atoms with E-state index in [-0.39, 0.29) is 24.0 Å². The van der Waals surface area contributed by atoms with Crippen molar-refractivity contribution in [2.24, 2.45) is 35.5 Å². The van der Waals surface area contributed by atoms with Gasteiger partial charge < -0.3 is 62.1 Å². The maximum absolute atomic E-state index is 12.0. The SMILES string of the molecule is C/C=C1\OC(C)(C)OC(O[Si](C)(C)C)C1C.CC[C@H](C)C[C@@](C)(OC)[C@H](O)[C@@H](C)C1=C(C)C(=O)OC(C)(C)O1.CC[C@H](C)C[C@@](C)(OC)[C@H](O)[C@H](C)C1=C(C)C(=O)OC(C)(C)O1.CC[C@H](C)C[C@](C)(C=O)OC. The van der Waals surface area contributed by atoms with E-state index >= 15 is 0 Å². The lowest BCUT2D eigenvalue weighted by Crippen LogP contribution is -2.48. The molecule has 0 amide bonds. The third-order valence-electron chi connectivity index (χ3n) is 14.1. The molecule has 73 heavy (non-hydrogen) atoms. The smallest absolute Gasteiger partial charge is 0.340 e. The Bertz CT molecular complexity index is 1750. The highest BCUT2D eigenvalue weighted by molar-refractivity contribution is 6.69. The van der Waals surface area contributed by atoms with E-state index in [0.29, 0.717) is 40.4 Å². The number of ether oxygens (including phenoxy) is 9. The molecule has 2 unspecified atom stereocenters. The molecule has 16 heteroatoms. The average Bonchev–Trinajstić information content (AvgIpc) is 3.30. The van der Waals surface area contributed by atoms with Gasteiger partial charge in [-0.3, -0.25) is 0 Å². The number of cyclic esters (lactones) is 2. The van der Waals surface area contributed by atoms with E-state index in [1.54, 1.807) is 62.9 Å². The van der Waals surface area contributed by atoms with Crippen LogP contribution in [0.15, 0.2) is 34.5 Å². The third kappa shape index (κ3) is 22.0. The molecule has 0 spiro atoms. The molecule has 3 heterocycles. The fourth-order valence-electron chi connectivity index (χ4n) is 8.79. The third-order valence-corrected chi connectivity index (χ3v) is 15.1. The predicted molar refractivity (Wildman–Crippen MR) is 290 cm³/mol. The molecule has 0 bridgehead atoms. The minimum absolute atomic E-state index is 0.157. The van der Waals surface area contributed by atoms with Crippen molar-refractivity contribution in [2.45, 2.75) is 256 Å². The van der Waals surface area contributed by atoms with Gasteiger partial charge in [0.1, 0.15) is 22.9 Å². The Morgan fingerprint density at radius 2 is 0.986 bits per heavy atom. The summed E-state index contributed by atoms with van der Waals surface area (Å²) >= 11 is 0. The number of hydrogen-bond donors (Lipinski definition) is 2. The van der Waals surface area contributed by atoms with Gasteiger partial charge in [0.25, 0.3) is 0 Å². The highest BCUT2D eigenvalue weighted by atomic mass is 28.4. The molecular weight excluding hydrogens is 953 g/mol. The molecule has 0 aromatic rings. The Morgan fingerprint density at radius 3 is 1.27 bits per heavy atom. The number of rotatable bonds is 21. The van der Waals surface area contributed by atoms with E-state index in [4.69, 9.17) is 47.1 Å². The van der Waals surface area contributed by atoms with E-state index in [0.717, 1.165) is 50.6 Å². The van der Waals surface area contributed by atoms with Crippen LogP contribution < -0.4 is 0 Å². The van der Waals surface area contributed by atoms with Crippen molar-refractivity contribution >= 4 is 26.5 Å². The van der Waals surface area contributed by atoms with Crippen LogP contribution in [0, 0.1) is 35.5 Å². The van der Waals surface area contributed by atoms with Crippen molar-refractivity contribution in [3.63, 3.8) is 0 Å². The number of aliphatic hydroxyl groups excluding tert-OH is 2. The molecule has 3 aliphatic heterocycles. The number of aliphatic hydroxyl groups is 2. The zero-order valence-electron chi connectivity index (χ0n) is 50.8. The molecule has 3 rings (SSSR count). The summed E-state index contributed by atoms with van der Waals surface area (Å²) in [4.78, 5) is 34.6. The number of carbonyl (C=O) groups excluding carboxylic acids is 3. The van der Waals surface area contributed by atoms with Crippen LogP contribution >= 0.6 is 0 Å². The van der Waals surface area contributed by atoms with Crippen molar-refractivity contribution in [1.82, 2.24) is 0 Å². The second-order valence-corrected chi connectivity index (χ2v) is 28.2. The van der Waals surface area contributed by atoms with E-state index in [9.17, 15) is 24.6 Å². The Kier molecular flexibility index (Phi) is 27.9. The van der Waals surface area contributed by atoms with Gasteiger partial charge >= 0.3 is 11.9 Å². The van der Waals surface area contributed by atoms with Crippen LogP contribution in [-0.2, 0) is 61.4 Å². The molecular formula is C57H106O15Si. The van der Waals surface area contributed by atoms with Gasteiger partial charge in [-0.25, -0.2) is 9.59 Å². The maximum Gasteiger partial charge on any atom is 0.340 e. The second-order valence-electron chi connectivity index (χ2n) is 23.7. The van der Waals surface area contributed by atoms with E-state index in [1.807, 2.05) is 61.5 Å². The molecule has 0 aliphatic carbocycles. The van der Waals surface area contributed by atoms with Crippen LogP contribution in [-0.4, -0.2) is 111 Å². The summed E-state index contributed by atoms with van der Waals surface area (Å²) in [5.41, 5.74) is -1.20. The number of methoxy groups -OCH3 is 3. The number of carbonyl (C=O) groups is 3. The van der Waals surface area contributed by atoms with Crippen LogP contribution in [0.5, 0.6) is 0 Å². The first-order valence-electron chi connectivity index (χ1n) is 26.6. The lowest BCUT2D eigenvalue weighted by atomic mass is 9.80. The predicted octanol–water partition coefficient (Wildman–Crippen LogP) is 12.3. The minimum Gasteiger partial charge on any atom is -0.467 e. The molecule has 0 aromatic heterocycles. The molecule has 15 nitrogen and oxygen atoms in total. The van der Waals surface area contributed by atoms with Gasteiger partial charge in [0, 0.05) is 74.7 Å². The Morgan fingerprint density at radius 1 is 0.630 bits per heavy atom. The van der Waals surface area contributed by atoms with Crippen LogP contribution in [0.1, 0.15) is 184 Å². The largest absolute Gasteiger partial charge is 0.467 e. The fourth-order valence-corrected chi connectivity index (χ4v) is 9.74. The molecule has 428 valence electrons. The van der Waals surface area contributed by atoms with Gasteiger partial charge in [0.05, 0.1) is 40.5 Å². The normalized spacial score (nSPS) is 25.3. The Labute approximate surface area is 444 Å². The molecule has 0 aromatic carbocycles. The van der Waals surface area contributed by atoms with Crippen molar-refractivity contribution in [3.8, 4) is 0 Å². The number of hydrogen-bond acceptors (Lipinski definition) is 15. The first kappa shape index (κ1) is 70.2. The molecule has 0 saturated carbocycles. The number of esters is 2. The highest BCUT2D eigenvalue weighted by Gasteiger charge is 2.46. The van der Waals surface area contributed by atoms with Crippen molar-refractivity contribution in [3.05, 3.63) is 34.5 Å². The standard InChI is InChI=1S/2C18H32O5.C12H24O3Si.C9H18O2/c2*1-9-11(2)10-18(7,21-8)15(19)12(3)14-13(4)16(20)23-17(5,6)22-14;1-8-10-9(2)11(15-16(5,6)7)14-12(3,4)13-10;1-5-8(2)6-9(3,7-10)11-4/h2*11-12,15,19H,9-10H2,1-8H3;8-9,11H,1-7H3;7-8H,5-6H2,1-4H3/b;;10-8-;/t11-,12+,15+,18+;11-,12-,15+,18+;;8-,9+/m00.0/s1. The van der Waals surface area contributed by atoms with Gasteiger partial charge in [0.2, 0.25) is 17.4 Å². The maximum atomic E-state index is 12.0. The lowest BCUT2D eigenvalue weighted by molar-refractivity contribution is -0.309. The minimum atomic E-state index is -1.60. The summed E-state index contributed by atoms with van der Waals surface area (Å²) < 4.78 is 56.1. The Balaban J connectivity index is 0.000000981. The topological polar surface area (TPSA) is 184 Å². The summed E-state index contributed by atoms with van der Waals surface area (Å²) in [5.74, 6) is -0.762. The molecule has 3 aliphatic rings. The first-order valence-corrected chi connectivity index (χ1v) is 30.0. The van der Waals surface area contributed by atoms with Crippen LogP contribution in [0.25, 0.3) is 0 Å². The van der Waals surface area contributed by atoms with Crippen LogP contribution in [0.4, 0.5) is 0 Å². The van der Waals surface area contributed by atoms with Crippen molar-refractivity contribution in [1.29, 1.82) is 0 Å². The summed E-state index contributed by atoms with van der Waals surface area (Å²) in [7, 11) is 3.20. The summed E-state index contributed by atoms with van der Waals surface area (Å²) in [6.07, 6.45) is 6.47. The fraction of sp³-hybridized carbons (Fsp3) is 0.842. The molecule has 2 N–H and O–H groups in total. The monoisotopic (exact) mass is 1060 g/mol. The zero-order chi connectivity index (χ0) is 57.5. The summed E-state index contributed by atoms with van der Waals surface area (Å²) in [6, 6.07) is 0. The molecule has 12 atom stereocenters. The van der Waals surface area contributed by atoms with E-state index in [2.05, 4.69) is 68.1 Å². The number of allylic oxidation sites excluding steroid dienone is 1. The van der Waals surface area contributed by atoms with Crippen molar-refractivity contribution < 1.29 is 71.7 Å². The summed E-state index contributed by atoms with van der Waals surface area (Å²) in [5, 5.41) is 21.8. The molecule has 0 radical (unpaired) electrons. The van der Waals surface area contributed by atoms with Gasteiger partial charge in [0.15, 0.2) is 20.9 Å². The van der Waals surface area contributed by atoms with Gasteiger partial charge in [-0.15, -0.1) is 0 Å². The average molecular weight is 1060 g/mol. The first-order chi connectivity index (χ1) is 33.2. The van der Waals surface area contributed by atoms with Crippen LogP contribution in [0.2, 0.25) is 19.6 Å².